The molecule has 2 N–H and O–H groups in total. The molecule has 0 fully saturated rings. The van der Waals surface area contributed by atoms with Gasteiger partial charge in [0.15, 0.2) is 0 Å². The second kappa shape index (κ2) is 30.0. The molecule has 0 aliphatic rings. The number of carbonyl (C=O) groups excluding carboxylic acids is 2. The Morgan fingerprint density at radius 3 is 1.60 bits per heavy atom. The topological polar surface area (TPSA) is 106 Å². The summed E-state index contributed by atoms with van der Waals surface area (Å²) in [5, 5.41) is 19.6. The Hall–Kier alpha value is 3.81. The van der Waals surface area contributed by atoms with Crippen molar-refractivity contribution in [3.63, 3.8) is 0 Å². The molecule has 25 heavy (non-hydrogen) atoms. The van der Waals surface area contributed by atoms with Crippen LogP contribution in [0.1, 0.15) is 84.0 Å². The van der Waals surface area contributed by atoms with Gasteiger partial charge in [0.05, 0.1) is 5.97 Å². The Balaban J connectivity index is -0.000000168. The zero-order chi connectivity index (χ0) is 17.9. The van der Waals surface area contributed by atoms with Gasteiger partial charge in [-0.2, -0.15) is 0 Å². The average molecular weight is 432 g/mol. The van der Waals surface area contributed by atoms with Gasteiger partial charge in [0.25, 0.3) is 0 Å². The van der Waals surface area contributed by atoms with Gasteiger partial charge in [-0.25, -0.2) is 0 Å². The molecular weight excluding hydrogens is 399 g/mol. The Bertz CT molecular complexity index is 285. The van der Waals surface area contributed by atoms with Gasteiger partial charge in [-0.3, -0.25) is 0 Å². The maximum atomic E-state index is 9.86. The first kappa shape index (κ1) is 36.2. The van der Waals surface area contributed by atoms with Crippen molar-refractivity contribution in [3.05, 3.63) is 0 Å². The number of unbranched alkanes of at least 4 members (excludes halogenated alkanes) is 9. The van der Waals surface area contributed by atoms with E-state index >= 15 is 0 Å². The first-order valence-corrected chi connectivity index (χ1v) is 11.3. The molecule has 0 aromatic carbocycles. The van der Waals surface area contributed by atoms with Crippen molar-refractivity contribution < 1.29 is 123 Å². The molecule has 0 heterocycles. The van der Waals surface area contributed by atoms with E-state index in [4.69, 9.17) is 5.73 Å². The molecule has 0 bridgehead atoms. The van der Waals surface area contributed by atoms with Crippen molar-refractivity contribution in [2.24, 2.45) is 5.73 Å². The molecule has 1 unspecified atom stereocenters. The summed E-state index contributed by atoms with van der Waals surface area (Å²) in [7, 11) is 0. The minimum absolute atomic E-state index is 0. The molecule has 0 aliphatic heterocycles. The maximum absolute atomic E-state index is 9.86. The van der Waals surface area contributed by atoms with Crippen LogP contribution in [0.15, 0.2) is 0 Å². The van der Waals surface area contributed by atoms with Gasteiger partial charge in [0.1, 0.15) is 0 Å². The van der Waals surface area contributed by atoms with Crippen LogP contribution in [0.25, 0.3) is 0 Å². The minimum Gasteiger partial charge on any atom is -0.550 e. The van der Waals surface area contributed by atoms with Crippen LogP contribution in [0.4, 0.5) is 0 Å². The van der Waals surface area contributed by atoms with E-state index in [0.717, 1.165) is 49.0 Å². The van der Waals surface area contributed by atoms with Gasteiger partial charge in [-0.15, -0.1) is 0 Å². The minimum atomic E-state index is -1.44. The van der Waals surface area contributed by atoms with Gasteiger partial charge in [0.2, 0.25) is 0 Å². The van der Waals surface area contributed by atoms with Gasteiger partial charge in [-0.1, -0.05) is 0 Å². The molecule has 5 nitrogen and oxygen atoms in total. The number of hydrogen-bond acceptors (Lipinski definition) is 5. The standard InChI is InChI=1S/C12H25.C5H9NO4.3K/c1-3-5-7-9-11-12-10-8-6-4-2;6-3(5(9)10)1-2-4(7)8;;;/h1,3-12H2,2H3;3H,1-2,6H2,(H,7,8)(H,9,10);;;/q;;;2*+1/p-2. The van der Waals surface area contributed by atoms with E-state index in [1.54, 1.807) is 0.515 Å². The van der Waals surface area contributed by atoms with E-state index in [2.05, 4.69) is 6.92 Å². The summed E-state index contributed by atoms with van der Waals surface area (Å²) in [5.74, 6) is -2.75. The molecule has 0 aromatic rings. The molecule has 0 amide bonds. The summed E-state index contributed by atoms with van der Waals surface area (Å²) < 4.78 is 1.56. The third-order valence-corrected chi connectivity index (χ3v) is 4.77. The molecule has 8 heteroatoms. The quantitative estimate of drug-likeness (QED) is 0.219. The van der Waals surface area contributed by atoms with E-state index < -0.39 is 18.0 Å². The molecule has 0 aliphatic carbocycles. The second-order valence-corrected chi connectivity index (χ2v) is 7.58. The predicted octanol–water partition coefficient (Wildman–Crippen LogP) is -4.90. The van der Waals surface area contributed by atoms with Gasteiger partial charge < -0.3 is 25.5 Å². The van der Waals surface area contributed by atoms with Crippen molar-refractivity contribution >= 4 is 60.9 Å². The van der Waals surface area contributed by atoms with Crippen LogP contribution in [0.3, 0.4) is 0 Å². The fourth-order valence-electron chi connectivity index (χ4n) is 2.13. The Morgan fingerprint density at radius 2 is 1.28 bits per heavy atom. The Kier molecular flexibility index (Phi) is 43.4. The van der Waals surface area contributed by atoms with Crippen molar-refractivity contribution in [2.45, 2.75) is 90.5 Å². The summed E-state index contributed by atoms with van der Waals surface area (Å²) in [6.45, 7) is 2.29. The first-order valence-electron chi connectivity index (χ1n) is 9.11. The van der Waals surface area contributed by atoms with E-state index in [0.29, 0.717) is 0 Å². The van der Waals surface area contributed by atoms with Crippen molar-refractivity contribution in [1.82, 2.24) is 0 Å². The van der Waals surface area contributed by atoms with Crippen LogP contribution in [0.5, 0.6) is 0 Å². The van der Waals surface area contributed by atoms with Gasteiger partial charge >= 0.3 is 223 Å². The largest absolute Gasteiger partial charge is 1.00 e. The number of rotatable bonds is 14. The predicted molar refractivity (Wildman–Crippen MR) is 89.6 cm³/mol. The summed E-state index contributed by atoms with van der Waals surface area (Å²) in [4.78, 5) is 19.6. The van der Waals surface area contributed by atoms with Crippen molar-refractivity contribution in [2.75, 3.05) is 0 Å². The van der Waals surface area contributed by atoms with Crippen LogP contribution in [0.2, 0.25) is 0.515 Å². The van der Waals surface area contributed by atoms with E-state index in [1.165, 1.54) is 64.2 Å². The average Bonchev–Trinajstić information content (AvgIpc) is 2.51. The zero-order valence-electron chi connectivity index (χ0n) is 17.0. The molecule has 0 saturated heterocycles. The van der Waals surface area contributed by atoms with Crippen LogP contribution >= 0.6 is 0 Å². The fourth-order valence-corrected chi connectivity index (χ4v) is 2.91. The smallest absolute Gasteiger partial charge is 0.550 e. The number of carbonyl (C=O) groups is 2. The SMILES string of the molecule is CCCCCCCCCCC[CH2][K].NC(CCC(=O)[O-])C(=O)[O-].[K+].[K+]. The van der Waals surface area contributed by atoms with Crippen molar-refractivity contribution in [1.29, 1.82) is 0 Å². The molecule has 0 radical (unpaired) electrons. The molecule has 0 rings (SSSR count). The number of carboxylic acid groups (broad SMARTS) is 2. The molecule has 1 atom stereocenters. The Labute approximate surface area is 273 Å². The Morgan fingerprint density at radius 1 is 0.880 bits per heavy atom. The molecular formula is C17H32K3NO4. The zero-order valence-corrected chi connectivity index (χ0v) is 26.3. The van der Waals surface area contributed by atoms with Crippen molar-refractivity contribution in [3.8, 4) is 0 Å². The van der Waals surface area contributed by atoms with E-state index in [9.17, 15) is 19.8 Å². The molecule has 0 saturated carbocycles. The normalized spacial score (nSPS) is 10.6. The second-order valence-electron chi connectivity index (χ2n) is 6.02. The van der Waals surface area contributed by atoms with E-state index in [1.807, 2.05) is 0 Å². The van der Waals surface area contributed by atoms with E-state index in [-0.39, 0.29) is 116 Å². The third kappa shape index (κ3) is 35.6. The maximum Gasteiger partial charge on any atom is 1.00 e. The number of carboxylic acids is 2. The summed E-state index contributed by atoms with van der Waals surface area (Å²) >= 11 is 1.10. The summed E-state index contributed by atoms with van der Waals surface area (Å²) in [6.07, 6.45) is 14.3. The summed E-state index contributed by atoms with van der Waals surface area (Å²) in [6, 6.07) is -1.21. The third-order valence-electron chi connectivity index (χ3n) is 3.67. The molecule has 0 spiro atoms. The monoisotopic (exact) mass is 431 g/mol. The first-order chi connectivity index (χ1) is 11.0. The molecule has 132 valence electrons. The fraction of sp³-hybridized carbons (Fsp3) is 0.882. The number of aliphatic carboxylic acids is 2. The summed E-state index contributed by atoms with van der Waals surface area (Å²) in [5.41, 5.74) is 4.91. The number of nitrogens with two attached hydrogens (primary N) is 1. The number of hydrogen-bond donors (Lipinski definition) is 1. The van der Waals surface area contributed by atoms with Crippen LogP contribution < -0.4 is 119 Å². The molecule has 0 aromatic heterocycles. The van der Waals surface area contributed by atoms with Gasteiger partial charge in [0, 0.05) is 12.0 Å². The van der Waals surface area contributed by atoms with Crippen LogP contribution in [-0.2, 0) is 9.59 Å². The van der Waals surface area contributed by atoms with Crippen LogP contribution in [0, 0.1) is 0 Å². The van der Waals surface area contributed by atoms with Crippen LogP contribution in [-0.4, -0.2) is 66.9 Å². The van der Waals surface area contributed by atoms with Gasteiger partial charge in [-0.05, 0) is 12.8 Å².